The molecule has 0 radical (unpaired) electrons. The first kappa shape index (κ1) is 28.0. The molecular formula is C29H30Cl2N4O5. The number of H-pyrrole nitrogens is 1. The third kappa shape index (κ3) is 5.28. The van der Waals surface area contributed by atoms with Crippen molar-refractivity contribution < 1.29 is 19.1 Å². The maximum Gasteiger partial charge on any atom is 0.336 e. The highest BCUT2D eigenvalue weighted by atomic mass is 35.5. The normalized spacial score (nSPS) is 18.5. The number of nitrogens with zero attached hydrogens (tertiary/aromatic N) is 3. The molecular weight excluding hydrogens is 555 g/mol. The molecule has 0 aliphatic carbocycles. The van der Waals surface area contributed by atoms with Gasteiger partial charge in [-0.3, -0.25) is 14.2 Å². The lowest BCUT2D eigenvalue weighted by Crippen LogP contribution is -2.48. The molecule has 1 N–H and O–H groups in total. The molecule has 9 nitrogen and oxygen atoms in total. The van der Waals surface area contributed by atoms with Crippen molar-refractivity contribution in [2.24, 2.45) is 0 Å². The number of hydrogen-bond acceptors (Lipinski definition) is 5. The van der Waals surface area contributed by atoms with E-state index in [1.54, 1.807) is 41.5 Å². The highest BCUT2D eigenvalue weighted by Gasteiger charge is 2.38. The van der Waals surface area contributed by atoms with Gasteiger partial charge < -0.3 is 19.5 Å². The zero-order valence-corrected chi connectivity index (χ0v) is 23.8. The van der Waals surface area contributed by atoms with Crippen molar-refractivity contribution >= 4 is 52.0 Å². The zero-order valence-electron chi connectivity index (χ0n) is 22.3. The number of para-hydroxylation sites is 2. The number of hydrogen-bond donors (Lipinski definition) is 1. The minimum Gasteiger partial charge on any atom is -0.463 e. The topological polar surface area (TPSA) is 105 Å². The van der Waals surface area contributed by atoms with Crippen molar-refractivity contribution in [2.75, 3.05) is 26.2 Å². The number of esters is 1. The summed E-state index contributed by atoms with van der Waals surface area (Å²) in [5.74, 6) is -1.59. The van der Waals surface area contributed by atoms with Gasteiger partial charge in [0.1, 0.15) is 6.54 Å². The van der Waals surface area contributed by atoms with Crippen LogP contribution in [0.3, 0.4) is 0 Å². The number of halogens is 2. The first-order valence-corrected chi connectivity index (χ1v) is 14.0. The first-order chi connectivity index (χ1) is 19.2. The van der Waals surface area contributed by atoms with Crippen LogP contribution in [0.2, 0.25) is 10.0 Å². The summed E-state index contributed by atoms with van der Waals surface area (Å²) in [4.78, 5) is 58.3. The fraction of sp³-hybridized carbons (Fsp3) is 0.379. The number of piperidine rings is 1. The van der Waals surface area contributed by atoms with Crippen LogP contribution in [0.15, 0.2) is 58.5 Å². The Kier molecular flexibility index (Phi) is 8.05. The number of allylic oxidation sites excluding steroid dienone is 1. The van der Waals surface area contributed by atoms with Crippen LogP contribution in [0.4, 0.5) is 0 Å². The van der Waals surface area contributed by atoms with Gasteiger partial charge in [0.05, 0.1) is 33.3 Å². The average Bonchev–Trinajstić information content (AvgIpc) is 3.27. The van der Waals surface area contributed by atoms with Gasteiger partial charge in [0.2, 0.25) is 11.8 Å². The molecule has 2 aromatic carbocycles. The van der Waals surface area contributed by atoms with Gasteiger partial charge in [-0.1, -0.05) is 41.4 Å². The number of nitrogens with one attached hydrogen (secondary N) is 1. The summed E-state index contributed by atoms with van der Waals surface area (Å²) in [5, 5.41) is 0.694. The molecule has 2 aliphatic rings. The van der Waals surface area contributed by atoms with E-state index in [9.17, 15) is 19.2 Å². The molecule has 1 aromatic heterocycles. The van der Waals surface area contributed by atoms with Crippen LogP contribution in [0.5, 0.6) is 0 Å². The number of likely N-dealkylation sites (tertiary alicyclic amines) is 1. The van der Waals surface area contributed by atoms with Gasteiger partial charge in [-0.15, -0.1) is 0 Å². The summed E-state index contributed by atoms with van der Waals surface area (Å²) < 4.78 is 7.10. The van der Waals surface area contributed by atoms with E-state index >= 15 is 0 Å². The Labute approximate surface area is 241 Å². The fourth-order valence-electron chi connectivity index (χ4n) is 5.74. The van der Waals surface area contributed by atoms with E-state index in [4.69, 9.17) is 27.9 Å². The number of rotatable bonds is 6. The molecule has 3 aromatic rings. The van der Waals surface area contributed by atoms with Crippen molar-refractivity contribution in [2.45, 2.75) is 45.1 Å². The zero-order chi connectivity index (χ0) is 28.6. The summed E-state index contributed by atoms with van der Waals surface area (Å²) in [5.41, 5.74) is 2.86. The van der Waals surface area contributed by atoms with Gasteiger partial charge in [0.25, 0.3) is 0 Å². The van der Waals surface area contributed by atoms with Crippen LogP contribution in [-0.4, -0.2) is 63.4 Å². The van der Waals surface area contributed by atoms with Gasteiger partial charge in [-0.2, -0.15) is 0 Å². The monoisotopic (exact) mass is 584 g/mol. The number of amides is 2. The standard InChI is InChI=1S/C29H30Cl2N4O5/c1-3-40-28(38)27-17(2)34(25(36)15-20(27)18-8-9-21(30)22(31)14-18)16-26(37)33-12-10-19(11-13-33)35-24-7-5-4-6-23(24)32-29(35)39/h4-9,14,19-20H,3,10-13,15-16H2,1-2H3,(H,32,39). The van der Waals surface area contributed by atoms with E-state index in [0.29, 0.717) is 52.8 Å². The molecule has 210 valence electrons. The van der Waals surface area contributed by atoms with Gasteiger partial charge in [0.15, 0.2) is 0 Å². The molecule has 0 saturated carbocycles. The Morgan fingerprint density at radius 3 is 2.48 bits per heavy atom. The largest absolute Gasteiger partial charge is 0.463 e. The maximum atomic E-state index is 13.4. The van der Waals surface area contributed by atoms with Crippen molar-refractivity contribution in [3.05, 3.63) is 79.8 Å². The number of imidazole rings is 1. The second-order valence-electron chi connectivity index (χ2n) is 10.1. The molecule has 5 rings (SSSR count). The molecule has 1 fully saturated rings. The van der Waals surface area contributed by atoms with Crippen molar-refractivity contribution in [1.29, 1.82) is 0 Å². The van der Waals surface area contributed by atoms with E-state index in [2.05, 4.69) is 4.98 Å². The number of benzene rings is 2. The quantitative estimate of drug-likeness (QED) is 0.424. The van der Waals surface area contributed by atoms with Crippen LogP contribution < -0.4 is 5.69 Å². The van der Waals surface area contributed by atoms with Crippen LogP contribution in [-0.2, 0) is 19.1 Å². The highest BCUT2D eigenvalue weighted by molar-refractivity contribution is 6.42. The highest BCUT2D eigenvalue weighted by Crippen LogP contribution is 2.39. The molecule has 2 aliphatic heterocycles. The van der Waals surface area contributed by atoms with E-state index in [1.807, 2.05) is 24.3 Å². The molecule has 40 heavy (non-hydrogen) atoms. The Morgan fingerprint density at radius 2 is 1.77 bits per heavy atom. The molecule has 1 saturated heterocycles. The van der Waals surface area contributed by atoms with E-state index in [0.717, 1.165) is 11.0 Å². The summed E-state index contributed by atoms with van der Waals surface area (Å²) in [6.07, 6.45) is 1.22. The smallest absolute Gasteiger partial charge is 0.336 e. The number of carbonyl (C=O) groups excluding carboxylic acids is 3. The van der Waals surface area contributed by atoms with Gasteiger partial charge in [-0.05, 0) is 56.5 Å². The third-order valence-corrected chi connectivity index (χ3v) is 8.50. The average molecular weight is 585 g/mol. The number of ether oxygens (including phenoxy) is 1. The van der Waals surface area contributed by atoms with E-state index in [-0.39, 0.29) is 43.1 Å². The molecule has 2 amide bonds. The summed E-state index contributed by atoms with van der Waals surface area (Å²) in [6, 6.07) is 12.5. The first-order valence-electron chi connectivity index (χ1n) is 13.3. The second-order valence-corrected chi connectivity index (χ2v) is 10.9. The Balaban J connectivity index is 1.33. The summed E-state index contributed by atoms with van der Waals surface area (Å²) in [7, 11) is 0. The number of carbonyl (C=O) groups is 3. The lowest BCUT2D eigenvalue weighted by atomic mass is 9.83. The van der Waals surface area contributed by atoms with Crippen LogP contribution >= 0.6 is 23.2 Å². The van der Waals surface area contributed by atoms with Crippen molar-refractivity contribution in [3.8, 4) is 0 Å². The second kappa shape index (κ2) is 11.5. The van der Waals surface area contributed by atoms with Crippen LogP contribution in [0, 0.1) is 0 Å². The minimum atomic E-state index is -0.571. The van der Waals surface area contributed by atoms with Crippen LogP contribution in [0.25, 0.3) is 11.0 Å². The van der Waals surface area contributed by atoms with Gasteiger partial charge in [-0.25, -0.2) is 9.59 Å². The van der Waals surface area contributed by atoms with Crippen LogP contribution in [0.1, 0.15) is 50.6 Å². The van der Waals surface area contributed by atoms with E-state index in [1.165, 1.54) is 4.90 Å². The van der Waals surface area contributed by atoms with Crippen molar-refractivity contribution in [3.63, 3.8) is 0 Å². The van der Waals surface area contributed by atoms with Gasteiger partial charge >= 0.3 is 11.7 Å². The number of fused-ring (bicyclic) bond motifs is 1. The van der Waals surface area contributed by atoms with Crippen molar-refractivity contribution in [1.82, 2.24) is 19.4 Å². The molecule has 1 unspecified atom stereocenters. The molecule has 0 spiro atoms. The SMILES string of the molecule is CCOC(=O)C1=C(C)N(CC(=O)N2CCC(n3c(=O)[nH]c4ccccc43)CC2)C(=O)CC1c1ccc(Cl)c(Cl)c1. The van der Waals surface area contributed by atoms with Gasteiger partial charge in [0, 0.05) is 37.2 Å². The Hall–Kier alpha value is -3.56. The number of aromatic nitrogens is 2. The molecule has 3 heterocycles. The number of aromatic amines is 1. The predicted molar refractivity (Wildman–Crippen MR) is 152 cm³/mol. The molecule has 0 bridgehead atoms. The minimum absolute atomic E-state index is 0.0116. The van der Waals surface area contributed by atoms with E-state index < -0.39 is 11.9 Å². The molecule has 1 atom stereocenters. The summed E-state index contributed by atoms with van der Waals surface area (Å²) in [6.45, 7) is 4.28. The predicted octanol–water partition coefficient (Wildman–Crippen LogP) is 4.65. The lowest BCUT2D eigenvalue weighted by molar-refractivity contribution is -0.143. The third-order valence-electron chi connectivity index (χ3n) is 7.76. The fourth-order valence-corrected chi connectivity index (χ4v) is 6.04. The lowest BCUT2D eigenvalue weighted by Gasteiger charge is -2.37. The maximum absolute atomic E-state index is 13.4. The molecule has 11 heteroatoms. The Morgan fingerprint density at radius 1 is 1.05 bits per heavy atom. The Bertz CT molecular complexity index is 1570. The summed E-state index contributed by atoms with van der Waals surface area (Å²) >= 11 is 12.3.